The molecule has 4 aromatic rings. The minimum absolute atomic E-state index is 0.317. The van der Waals surface area contributed by atoms with E-state index in [1.165, 1.54) is 12.8 Å². The summed E-state index contributed by atoms with van der Waals surface area (Å²) in [5, 5.41) is 6.17. The Hall–Kier alpha value is -3.52. The standard InChI is InChI=1S/C26H25N5O2S/c1-2-5-15-8-11-31(12-9-15)26-28-19-7-4-3-6-17(19)22(29-26)21-20(23(32)30-24(21)33)18-14-27-25-16(18)10-13-34-25/h3-4,6-7,10,13-15,27H,2,5,8-9,11-12H2,1H3,(H,30,32,33). The molecule has 0 aliphatic carbocycles. The molecule has 1 fully saturated rings. The van der Waals surface area contributed by atoms with Crippen molar-refractivity contribution >= 4 is 61.4 Å². The van der Waals surface area contributed by atoms with Gasteiger partial charge in [-0.25, -0.2) is 9.97 Å². The monoisotopic (exact) mass is 471 g/mol. The Labute approximate surface area is 200 Å². The molecule has 8 heteroatoms. The van der Waals surface area contributed by atoms with Gasteiger partial charge in [-0.3, -0.25) is 14.9 Å². The lowest BCUT2D eigenvalue weighted by molar-refractivity contribution is -0.122. The maximum Gasteiger partial charge on any atom is 0.261 e. The normalized spacial score (nSPS) is 17.4. The quantitative estimate of drug-likeness (QED) is 0.410. The van der Waals surface area contributed by atoms with Gasteiger partial charge in [0.05, 0.1) is 22.4 Å². The first-order valence-corrected chi connectivity index (χ1v) is 12.7. The number of thiophene rings is 1. The van der Waals surface area contributed by atoms with Gasteiger partial charge in [0.25, 0.3) is 11.8 Å². The number of imide groups is 1. The van der Waals surface area contributed by atoms with Gasteiger partial charge < -0.3 is 9.88 Å². The molecule has 0 radical (unpaired) electrons. The lowest BCUT2D eigenvalue weighted by Crippen LogP contribution is -2.35. The zero-order valence-corrected chi connectivity index (χ0v) is 19.7. The molecule has 0 bridgehead atoms. The van der Waals surface area contributed by atoms with E-state index in [1.54, 1.807) is 17.5 Å². The first-order valence-electron chi connectivity index (χ1n) is 11.8. The first kappa shape index (κ1) is 21.0. The highest BCUT2D eigenvalue weighted by molar-refractivity contribution is 7.16. The largest absolute Gasteiger partial charge is 0.352 e. The summed E-state index contributed by atoms with van der Waals surface area (Å²) in [7, 11) is 0. The lowest BCUT2D eigenvalue weighted by atomic mass is 9.93. The number of rotatable bonds is 5. The van der Waals surface area contributed by atoms with Crippen molar-refractivity contribution in [3.05, 3.63) is 53.2 Å². The summed E-state index contributed by atoms with van der Waals surface area (Å²) >= 11 is 1.57. The number of hydrogen-bond acceptors (Lipinski definition) is 6. The second-order valence-corrected chi connectivity index (χ2v) is 9.92. The summed E-state index contributed by atoms with van der Waals surface area (Å²) in [4.78, 5) is 42.3. The fraction of sp³-hybridized carbons (Fsp3) is 0.308. The van der Waals surface area contributed by atoms with Crippen molar-refractivity contribution in [2.75, 3.05) is 18.0 Å². The molecule has 2 aliphatic rings. The van der Waals surface area contributed by atoms with Gasteiger partial charge in [0, 0.05) is 35.6 Å². The van der Waals surface area contributed by atoms with Crippen molar-refractivity contribution in [2.24, 2.45) is 5.92 Å². The molecular weight excluding hydrogens is 446 g/mol. The van der Waals surface area contributed by atoms with Crippen LogP contribution in [0.5, 0.6) is 0 Å². The number of fused-ring (bicyclic) bond motifs is 2. The molecule has 7 nitrogen and oxygen atoms in total. The number of para-hydroxylation sites is 1. The number of nitrogens with one attached hydrogen (secondary N) is 2. The number of nitrogens with zero attached hydrogens (tertiary/aromatic N) is 3. The number of amides is 2. The maximum absolute atomic E-state index is 13.1. The molecule has 1 aromatic carbocycles. The van der Waals surface area contributed by atoms with E-state index in [-0.39, 0.29) is 0 Å². The van der Waals surface area contributed by atoms with Gasteiger partial charge in [-0.15, -0.1) is 11.3 Å². The third kappa shape index (κ3) is 3.40. The van der Waals surface area contributed by atoms with Crippen LogP contribution < -0.4 is 10.2 Å². The van der Waals surface area contributed by atoms with Gasteiger partial charge in [0.1, 0.15) is 4.83 Å². The van der Waals surface area contributed by atoms with Crippen molar-refractivity contribution in [2.45, 2.75) is 32.6 Å². The molecule has 6 rings (SSSR count). The van der Waals surface area contributed by atoms with E-state index < -0.39 is 11.8 Å². The lowest BCUT2D eigenvalue weighted by Gasteiger charge is -2.32. The van der Waals surface area contributed by atoms with Crippen LogP contribution in [0.2, 0.25) is 0 Å². The van der Waals surface area contributed by atoms with E-state index in [0.29, 0.717) is 22.8 Å². The number of hydrogen-bond donors (Lipinski definition) is 2. The van der Waals surface area contributed by atoms with Crippen molar-refractivity contribution in [3.63, 3.8) is 0 Å². The molecule has 0 atom stereocenters. The Morgan fingerprint density at radius 3 is 2.65 bits per heavy atom. The molecule has 34 heavy (non-hydrogen) atoms. The molecule has 3 aromatic heterocycles. The molecule has 0 unspecified atom stereocenters. The van der Waals surface area contributed by atoms with Crippen molar-refractivity contribution < 1.29 is 9.59 Å². The van der Waals surface area contributed by atoms with Crippen LogP contribution in [-0.2, 0) is 9.59 Å². The maximum atomic E-state index is 13.1. The topological polar surface area (TPSA) is 91.0 Å². The molecule has 2 amide bonds. The predicted molar refractivity (Wildman–Crippen MR) is 136 cm³/mol. The van der Waals surface area contributed by atoms with Crippen LogP contribution >= 0.6 is 11.3 Å². The highest BCUT2D eigenvalue weighted by Crippen LogP contribution is 2.38. The summed E-state index contributed by atoms with van der Waals surface area (Å²) in [5.74, 6) is 0.561. The zero-order valence-electron chi connectivity index (χ0n) is 18.9. The van der Waals surface area contributed by atoms with E-state index in [0.717, 1.165) is 58.5 Å². The fourth-order valence-electron chi connectivity index (χ4n) is 5.22. The summed E-state index contributed by atoms with van der Waals surface area (Å²) in [5.41, 5.74) is 2.69. The summed E-state index contributed by atoms with van der Waals surface area (Å²) in [6.07, 6.45) is 6.50. The average molecular weight is 472 g/mol. The summed E-state index contributed by atoms with van der Waals surface area (Å²) in [6, 6.07) is 9.67. The molecule has 0 spiro atoms. The number of aromatic nitrogens is 3. The molecule has 1 saturated heterocycles. The summed E-state index contributed by atoms with van der Waals surface area (Å²) < 4.78 is 0. The highest BCUT2D eigenvalue weighted by Gasteiger charge is 2.36. The Balaban J connectivity index is 1.52. The SMILES string of the molecule is CCCC1CCN(c2nc(C3=C(c4c[nH]c5sccc45)C(=O)NC3=O)c3ccccc3n2)CC1. The molecule has 5 heterocycles. The van der Waals surface area contributed by atoms with E-state index in [1.807, 2.05) is 35.7 Å². The van der Waals surface area contributed by atoms with Gasteiger partial charge in [-0.1, -0.05) is 38.0 Å². The number of carbonyl (C=O) groups is 2. The van der Waals surface area contributed by atoms with Gasteiger partial charge >= 0.3 is 0 Å². The molecule has 172 valence electrons. The second kappa shape index (κ2) is 8.36. The Morgan fingerprint density at radius 2 is 1.82 bits per heavy atom. The van der Waals surface area contributed by atoms with E-state index in [9.17, 15) is 9.59 Å². The number of aromatic amines is 1. The Morgan fingerprint density at radius 1 is 1.03 bits per heavy atom. The van der Waals surface area contributed by atoms with Crippen molar-refractivity contribution in [3.8, 4) is 0 Å². The predicted octanol–water partition coefficient (Wildman–Crippen LogP) is 4.76. The Bertz CT molecular complexity index is 1460. The van der Waals surface area contributed by atoms with Crippen LogP contribution in [-0.4, -0.2) is 39.9 Å². The van der Waals surface area contributed by atoms with Crippen LogP contribution in [0.25, 0.3) is 32.3 Å². The zero-order chi connectivity index (χ0) is 23.2. The minimum atomic E-state index is -0.416. The van der Waals surface area contributed by atoms with E-state index in [2.05, 4.69) is 22.1 Å². The number of H-pyrrole nitrogens is 1. The van der Waals surface area contributed by atoms with Gasteiger partial charge in [-0.2, -0.15) is 0 Å². The third-order valence-electron chi connectivity index (χ3n) is 6.93. The van der Waals surface area contributed by atoms with Crippen LogP contribution in [0.4, 0.5) is 5.95 Å². The highest BCUT2D eigenvalue weighted by atomic mass is 32.1. The van der Waals surface area contributed by atoms with Crippen LogP contribution in [0.15, 0.2) is 41.9 Å². The first-order chi connectivity index (χ1) is 16.6. The van der Waals surface area contributed by atoms with Crippen LogP contribution in [0.3, 0.4) is 0 Å². The van der Waals surface area contributed by atoms with Crippen molar-refractivity contribution in [1.29, 1.82) is 0 Å². The number of benzene rings is 1. The molecule has 2 N–H and O–H groups in total. The second-order valence-electron chi connectivity index (χ2n) is 9.01. The van der Waals surface area contributed by atoms with Gasteiger partial charge in [0.15, 0.2) is 0 Å². The summed E-state index contributed by atoms with van der Waals surface area (Å²) in [6.45, 7) is 4.03. The fourth-order valence-corrected chi connectivity index (χ4v) is 5.99. The average Bonchev–Trinajstić information content (AvgIpc) is 3.54. The molecule has 0 saturated carbocycles. The number of piperidine rings is 1. The van der Waals surface area contributed by atoms with Gasteiger partial charge in [0.2, 0.25) is 5.95 Å². The van der Waals surface area contributed by atoms with E-state index in [4.69, 9.17) is 9.97 Å². The number of anilines is 1. The van der Waals surface area contributed by atoms with Crippen molar-refractivity contribution in [1.82, 2.24) is 20.3 Å². The molecule has 2 aliphatic heterocycles. The van der Waals surface area contributed by atoms with Crippen LogP contribution in [0.1, 0.15) is 43.9 Å². The van der Waals surface area contributed by atoms with Gasteiger partial charge in [-0.05, 0) is 36.3 Å². The van der Waals surface area contributed by atoms with E-state index >= 15 is 0 Å². The Kier molecular flexibility index (Phi) is 5.17. The van der Waals surface area contributed by atoms with Crippen LogP contribution in [0, 0.1) is 5.92 Å². The number of carbonyl (C=O) groups excluding carboxylic acids is 2. The minimum Gasteiger partial charge on any atom is -0.352 e. The smallest absolute Gasteiger partial charge is 0.261 e. The third-order valence-corrected chi connectivity index (χ3v) is 7.77. The molecular formula is C26H25N5O2S.